The fraction of sp³-hybridized carbons (Fsp3) is 0.333. The van der Waals surface area contributed by atoms with Gasteiger partial charge in [-0.05, 0) is 0 Å². The van der Waals surface area contributed by atoms with Crippen molar-refractivity contribution in [3.8, 4) is 12.1 Å². The van der Waals surface area contributed by atoms with Crippen LogP contribution in [0.15, 0.2) is 11.8 Å². The second kappa shape index (κ2) is 4.24. The molecule has 0 bridgehead atoms. The molecule has 0 atom stereocenters. The van der Waals surface area contributed by atoms with Crippen LogP contribution in [0.4, 0.5) is 13.2 Å². The lowest BCUT2D eigenvalue weighted by Gasteiger charge is -2.04. The van der Waals surface area contributed by atoms with E-state index in [2.05, 4.69) is 0 Å². The largest absolute Gasteiger partial charge is 0.405 e. The maximum absolute atomic E-state index is 11.5. The Morgan fingerprint density at radius 3 is 2.17 bits per heavy atom. The van der Waals surface area contributed by atoms with Gasteiger partial charge in [0.05, 0.1) is 0 Å². The van der Waals surface area contributed by atoms with E-state index in [1.807, 2.05) is 0 Å². The molecule has 0 saturated carbocycles. The second-order valence-corrected chi connectivity index (χ2v) is 1.78. The zero-order valence-corrected chi connectivity index (χ0v) is 5.81. The Kier molecular flexibility index (Phi) is 3.65. The Labute approximate surface area is 66.7 Å². The summed E-state index contributed by atoms with van der Waals surface area (Å²) in [4.78, 5) is 0. The predicted molar refractivity (Wildman–Crippen MR) is 33.4 cm³/mol. The fourth-order valence-corrected chi connectivity index (χ4v) is 0.358. The average Bonchev–Trinajstić information content (AvgIpc) is 1.96. The maximum Gasteiger partial charge on any atom is 0.405 e. The van der Waals surface area contributed by atoms with E-state index in [0.29, 0.717) is 0 Å². The molecule has 0 aliphatic heterocycles. The Morgan fingerprint density at radius 2 is 1.83 bits per heavy atom. The smallest absolute Gasteiger partial charge is 0.381 e. The van der Waals surface area contributed by atoms with Crippen molar-refractivity contribution in [3.63, 3.8) is 0 Å². The summed E-state index contributed by atoms with van der Waals surface area (Å²) in [6, 6.07) is 2.82. The molecule has 0 fully saturated rings. The average molecular weight is 175 g/mol. The lowest BCUT2D eigenvalue weighted by molar-refractivity contribution is -0.122. The van der Waals surface area contributed by atoms with Crippen molar-refractivity contribution in [3.05, 3.63) is 11.8 Å². The SMILES string of the molecule is N#CC(C#N)=CNCC(F)(F)F. The maximum atomic E-state index is 11.5. The summed E-state index contributed by atoms with van der Waals surface area (Å²) >= 11 is 0. The van der Waals surface area contributed by atoms with Crippen molar-refractivity contribution >= 4 is 0 Å². The van der Waals surface area contributed by atoms with Crippen LogP contribution in [0, 0.1) is 22.7 Å². The van der Waals surface area contributed by atoms with Crippen molar-refractivity contribution in [2.45, 2.75) is 6.18 Å². The van der Waals surface area contributed by atoms with Gasteiger partial charge in [-0.15, -0.1) is 0 Å². The molecule has 0 aromatic rings. The number of rotatable bonds is 2. The molecule has 0 heterocycles. The van der Waals surface area contributed by atoms with Gasteiger partial charge >= 0.3 is 6.18 Å². The molecule has 1 N–H and O–H groups in total. The first kappa shape index (κ1) is 10.3. The number of nitrogens with one attached hydrogen (secondary N) is 1. The van der Waals surface area contributed by atoms with E-state index in [-0.39, 0.29) is 5.57 Å². The number of hydrogen-bond donors (Lipinski definition) is 1. The molecule has 0 aromatic carbocycles. The van der Waals surface area contributed by atoms with Crippen molar-refractivity contribution < 1.29 is 13.2 Å². The zero-order valence-electron chi connectivity index (χ0n) is 5.81. The van der Waals surface area contributed by atoms with Crippen LogP contribution >= 0.6 is 0 Å². The molecule has 64 valence electrons. The summed E-state index contributed by atoms with van der Waals surface area (Å²) in [7, 11) is 0. The van der Waals surface area contributed by atoms with Gasteiger partial charge in [0.25, 0.3) is 0 Å². The van der Waals surface area contributed by atoms with Gasteiger partial charge in [-0.2, -0.15) is 23.7 Å². The van der Waals surface area contributed by atoms with Crippen LogP contribution < -0.4 is 5.32 Å². The Balaban J connectivity index is 3.94. The van der Waals surface area contributed by atoms with Crippen molar-refractivity contribution in [1.82, 2.24) is 5.32 Å². The molecule has 0 aliphatic carbocycles. The van der Waals surface area contributed by atoms with E-state index < -0.39 is 12.7 Å². The van der Waals surface area contributed by atoms with Crippen LogP contribution in [0.1, 0.15) is 0 Å². The van der Waals surface area contributed by atoms with E-state index in [0.717, 1.165) is 6.20 Å². The van der Waals surface area contributed by atoms with Crippen LogP contribution in [0.5, 0.6) is 0 Å². The molecular weight excluding hydrogens is 171 g/mol. The van der Waals surface area contributed by atoms with Gasteiger partial charge in [-0.1, -0.05) is 0 Å². The minimum atomic E-state index is -4.34. The Bertz CT molecular complexity index is 237. The highest BCUT2D eigenvalue weighted by atomic mass is 19.4. The first-order chi connectivity index (χ1) is 5.49. The molecule has 0 aliphatic rings. The van der Waals surface area contributed by atoms with Crippen LogP contribution in [0.25, 0.3) is 0 Å². The minimum absolute atomic E-state index is 0.390. The van der Waals surface area contributed by atoms with Gasteiger partial charge < -0.3 is 5.32 Å². The van der Waals surface area contributed by atoms with E-state index in [4.69, 9.17) is 10.5 Å². The molecule has 3 nitrogen and oxygen atoms in total. The lowest BCUT2D eigenvalue weighted by atomic mass is 10.3. The molecule has 0 radical (unpaired) electrons. The number of halogens is 3. The number of allylic oxidation sites excluding steroid dienone is 1. The molecule has 6 heteroatoms. The standard InChI is InChI=1S/C6H4F3N3/c7-6(8,9)4-12-3-5(1-10)2-11/h3,12H,4H2. The number of nitrogens with zero attached hydrogens (tertiary/aromatic N) is 2. The van der Waals surface area contributed by atoms with Crippen LogP contribution in [0.3, 0.4) is 0 Å². The highest BCUT2D eigenvalue weighted by Gasteiger charge is 2.25. The fourth-order valence-electron chi connectivity index (χ4n) is 0.358. The van der Waals surface area contributed by atoms with E-state index in [1.54, 1.807) is 5.32 Å². The molecule has 0 rings (SSSR count). The number of nitriles is 2. The van der Waals surface area contributed by atoms with Crippen LogP contribution in [-0.4, -0.2) is 12.7 Å². The summed E-state index contributed by atoms with van der Waals surface area (Å²) in [5.74, 6) is 0. The van der Waals surface area contributed by atoms with Gasteiger partial charge in [-0.3, -0.25) is 0 Å². The second-order valence-electron chi connectivity index (χ2n) is 1.78. The third-order valence-electron chi connectivity index (χ3n) is 0.790. The first-order valence-electron chi connectivity index (χ1n) is 2.80. The first-order valence-corrected chi connectivity index (χ1v) is 2.80. The van der Waals surface area contributed by atoms with Gasteiger partial charge in [-0.25, -0.2) is 0 Å². The highest BCUT2D eigenvalue weighted by Crippen LogP contribution is 2.12. The van der Waals surface area contributed by atoms with E-state index in [1.165, 1.54) is 12.1 Å². The quantitative estimate of drug-likeness (QED) is 0.638. The van der Waals surface area contributed by atoms with Gasteiger partial charge in [0.1, 0.15) is 24.3 Å². The number of alkyl halides is 3. The predicted octanol–water partition coefficient (Wildman–Crippen LogP) is 1.07. The van der Waals surface area contributed by atoms with Gasteiger partial charge in [0.2, 0.25) is 0 Å². The Morgan fingerprint density at radius 1 is 1.33 bits per heavy atom. The van der Waals surface area contributed by atoms with E-state index >= 15 is 0 Å². The summed E-state index contributed by atoms with van der Waals surface area (Å²) < 4.78 is 34.4. The van der Waals surface area contributed by atoms with E-state index in [9.17, 15) is 13.2 Å². The van der Waals surface area contributed by atoms with Gasteiger partial charge in [0.15, 0.2) is 0 Å². The summed E-state index contributed by atoms with van der Waals surface area (Å²) in [5.41, 5.74) is -0.390. The normalized spacial score (nSPS) is 9.42. The van der Waals surface area contributed by atoms with Crippen molar-refractivity contribution in [1.29, 1.82) is 10.5 Å². The Hall–Kier alpha value is -1.69. The summed E-state index contributed by atoms with van der Waals surface area (Å²) in [5, 5.41) is 18.0. The molecule has 0 aromatic heterocycles. The molecular formula is C6H4F3N3. The molecule has 0 unspecified atom stereocenters. The minimum Gasteiger partial charge on any atom is -0.381 e. The third kappa shape index (κ3) is 5.12. The summed E-state index contributed by atoms with van der Waals surface area (Å²) in [6.45, 7) is -1.25. The van der Waals surface area contributed by atoms with Crippen LogP contribution in [0.2, 0.25) is 0 Å². The third-order valence-corrected chi connectivity index (χ3v) is 0.790. The molecule has 0 saturated heterocycles. The molecule has 0 amide bonds. The molecule has 12 heavy (non-hydrogen) atoms. The highest BCUT2D eigenvalue weighted by molar-refractivity contribution is 5.34. The lowest BCUT2D eigenvalue weighted by Crippen LogP contribution is -2.25. The zero-order chi connectivity index (χ0) is 9.61. The number of hydrogen-bond acceptors (Lipinski definition) is 3. The van der Waals surface area contributed by atoms with Crippen LogP contribution in [-0.2, 0) is 0 Å². The topological polar surface area (TPSA) is 59.6 Å². The van der Waals surface area contributed by atoms with Crippen molar-refractivity contribution in [2.24, 2.45) is 0 Å². The monoisotopic (exact) mass is 175 g/mol. The van der Waals surface area contributed by atoms with Crippen molar-refractivity contribution in [2.75, 3.05) is 6.54 Å². The van der Waals surface area contributed by atoms with Gasteiger partial charge in [0, 0.05) is 6.20 Å². The summed E-state index contributed by atoms with van der Waals surface area (Å²) in [6.07, 6.45) is -3.61. The molecule has 0 spiro atoms.